The van der Waals surface area contributed by atoms with Crippen LogP contribution in [0.5, 0.6) is 0 Å². The second kappa shape index (κ2) is 6.41. The topological polar surface area (TPSA) is 18.5 Å². The molecular weight excluding hydrogens is 176 g/mol. The van der Waals surface area contributed by atoms with Crippen LogP contribution in [0.2, 0.25) is 0 Å². The maximum Gasteiger partial charge on any atom is 0.0860 e. The maximum atomic E-state index is 5.61. The van der Waals surface area contributed by atoms with Gasteiger partial charge in [-0.3, -0.25) is 0 Å². The van der Waals surface area contributed by atoms with Gasteiger partial charge in [-0.1, -0.05) is 26.2 Å². The number of hydrogen-bond acceptors (Lipinski definition) is 2. The van der Waals surface area contributed by atoms with E-state index in [0.717, 1.165) is 12.3 Å². The van der Waals surface area contributed by atoms with Crippen LogP contribution in [0.3, 0.4) is 0 Å². The van der Waals surface area contributed by atoms with Crippen molar-refractivity contribution in [3.05, 3.63) is 0 Å². The smallest absolute Gasteiger partial charge is 0.0860 e. The van der Waals surface area contributed by atoms with E-state index in [4.69, 9.17) is 9.47 Å². The van der Waals surface area contributed by atoms with Gasteiger partial charge in [-0.25, -0.2) is 0 Å². The second-order valence-electron chi connectivity index (χ2n) is 4.28. The average Bonchev–Trinajstić information content (AvgIpc) is 2.27. The highest BCUT2D eigenvalue weighted by Crippen LogP contribution is 2.30. The van der Waals surface area contributed by atoms with Gasteiger partial charge in [0, 0.05) is 14.2 Å². The van der Waals surface area contributed by atoms with E-state index in [1.807, 2.05) is 7.11 Å². The molecule has 14 heavy (non-hydrogen) atoms. The van der Waals surface area contributed by atoms with Crippen molar-refractivity contribution < 1.29 is 9.47 Å². The van der Waals surface area contributed by atoms with Crippen molar-refractivity contribution in [1.29, 1.82) is 0 Å². The Labute approximate surface area is 88.0 Å². The predicted molar refractivity (Wildman–Crippen MR) is 58.5 cm³/mol. The molecule has 0 amide bonds. The summed E-state index contributed by atoms with van der Waals surface area (Å²) in [6.45, 7) is 2.17. The summed E-state index contributed by atoms with van der Waals surface area (Å²) in [6.07, 6.45) is 8.40. The maximum absolute atomic E-state index is 5.61. The van der Waals surface area contributed by atoms with E-state index < -0.39 is 0 Å². The first-order valence-corrected chi connectivity index (χ1v) is 5.89. The highest BCUT2D eigenvalue weighted by Gasteiger charge is 2.29. The van der Waals surface area contributed by atoms with Gasteiger partial charge in [0.05, 0.1) is 12.2 Å². The molecule has 0 saturated heterocycles. The third-order valence-corrected chi connectivity index (χ3v) is 3.46. The fourth-order valence-electron chi connectivity index (χ4n) is 2.64. The van der Waals surface area contributed by atoms with Crippen molar-refractivity contribution in [2.75, 3.05) is 14.2 Å². The Kier molecular flexibility index (Phi) is 5.49. The summed E-state index contributed by atoms with van der Waals surface area (Å²) in [5, 5.41) is 0. The van der Waals surface area contributed by atoms with Gasteiger partial charge in [-0.15, -0.1) is 0 Å². The van der Waals surface area contributed by atoms with E-state index in [9.17, 15) is 0 Å². The fourth-order valence-corrected chi connectivity index (χ4v) is 2.64. The summed E-state index contributed by atoms with van der Waals surface area (Å²) in [6, 6.07) is 0. The summed E-state index contributed by atoms with van der Waals surface area (Å²) in [5.74, 6) is 0.721. The molecule has 2 unspecified atom stereocenters. The number of hydrogen-bond donors (Lipinski definition) is 0. The number of methoxy groups -OCH3 is 2. The van der Waals surface area contributed by atoms with Gasteiger partial charge in [0.1, 0.15) is 0 Å². The first-order chi connectivity index (χ1) is 6.83. The first kappa shape index (κ1) is 12.0. The van der Waals surface area contributed by atoms with Gasteiger partial charge >= 0.3 is 0 Å². The zero-order valence-electron chi connectivity index (χ0n) is 9.79. The van der Waals surface area contributed by atoms with Crippen molar-refractivity contribution >= 4 is 0 Å². The minimum atomic E-state index is 0.281. The zero-order chi connectivity index (χ0) is 10.4. The van der Waals surface area contributed by atoms with Gasteiger partial charge in [0.25, 0.3) is 0 Å². The van der Waals surface area contributed by atoms with Crippen molar-refractivity contribution in [2.24, 2.45) is 5.92 Å². The molecule has 0 bridgehead atoms. The molecule has 2 heteroatoms. The fraction of sp³-hybridized carbons (Fsp3) is 1.00. The first-order valence-electron chi connectivity index (χ1n) is 5.89. The molecule has 1 aliphatic rings. The Morgan fingerprint density at radius 2 is 1.71 bits per heavy atom. The van der Waals surface area contributed by atoms with E-state index >= 15 is 0 Å². The van der Waals surface area contributed by atoms with E-state index in [-0.39, 0.29) is 6.10 Å². The van der Waals surface area contributed by atoms with Gasteiger partial charge in [-0.2, -0.15) is 0 Å². The van der Waals surface area contributed by atoms with E-state index in [1.54, 1.807) is 7.11 Å². The van der Waals surface area contributed by atoms with E-state index in [1.165, 1.54) is 32.1 Å². The lowest BCUT2D eigenvalue weighted by Gasteiger charge is -2.33. The summed E-state index contributed by atoms with van der Waals surface area (Å²) >= 11 is 0. The van der Waals surface area contributed by atoms with Crippen LogP contribution >= 0.6 is 0 Å². The highest BCUT2D eigenvalue weighted by atomic mass is 16.5. The molecule has 0 aromatic carbocycles. The molecule has 0 aromatic rings. The Morgan fingerprint density at radius 3 is 2.14 bits per heavy atom. The predicted octanol–water partition coefficient (Wildman–Crippen LogP) is 3.01. The third-order valence-electron chi connectivity index (χ3n) is 3.46. The van der Waals surface area contributed by atoms with Crippen molar-refractivity contribution in [3.63, 3.8) is 0 Å². The average molecular weight is 200 g/mol. The molecule has 0 heterocycles. The summed E-state index contributed by atoms with van der Waals surface area (Å²) in [5.41, 5.74) is 0. The van der Waals surface area contributed by atoms with Crippen LogP contribution in [0.1, 0.15) is 45.4 Å². The molecular formula is C12H24O2. The summed E-state index contributed by atoms with van der Waals surface area (Å²) < 4.78 is 11.1. The molecule has 0 N–H and O–H groups in total. The van der Waals surface area contributed by atoms with Crippen molar-refractivity contribution in [2.45, 2.75) is 57.7 Å². The minimum Gasteiger partial charge on any atom is -0.379 e. The minimum absolute atomic E-state index is 0.281. The zero-order valence-corrected chi connectivity index (χ0v) is 9.79. The quantitative estimate of drug-likeness (QED) is 0.679. The molecule has 2 atom stereocenters. The standard InChI is InChI=1S/C12H24O2/c1-4-11(13-2)12(14-3)10-8-6-5-7-9-10/h10-12H,4-9H2,1-3H3. The van der Waals surface area contributed by atoms with Crippen LogP contribution in [0.4, 0.5) is 0 Å². The molecule has 1 rings (SSSR count). The Balaban J connectivity index is 2.49. The van der Waals surface area contributed by atoms with Crippen LogP contribution in [0.25, 0.3) is 0 Å². The summed E-state index contributed by atoms with van der Waals surface area (Å²) in [7, 11) is 3.62. The molecule has 1 saturated carbocycles. The van der Waals surface area contributed by atoms with Crippen LogP contribution in [-0.2, 0) is 9.47 Å². The number of ether oxygens (including phenoxy) is 2. The van der Waals surface area contributed by atoms with Crippen LogP contribution in [0, 0.1) is 5.92 Å². The molecule has 1 aliphatic carbocycles. The Hall–Kier alpha value is -0.0800. The van der Waals surface area contributed by atoms with Crippen LogP contribution in [0.15, 0.2) is 0 Å². The van der Waals surface area contributed by atoms with Crippen molar-refractivity contribution in [3.8, 4) is 0 Å². The lowest BCUT2D eigenvalue weighted by molar-refractivity contribution is -0.0729. The Morgan fingerprint density at radius 1 is 1.07 bits per heavy atom. The molecule has 2 nitrogen and oxygen atoms in total. The highest BCUT2D eigenvalue weighted by molar-refractivity contribution is 4.80. The molecule has 84 valence electrons. The van der Waals surface area contributed by atoms with Gasteiger partial charge in [0.15, 0.2) is 0 Å². The van der Waals surface area contributed by atoms with Gasteiger partial charge < -0.3 is 9.47 Å². The third kappa shape index (κ3) is 2.96. The monoisotopic (exact) mass is 200 g/mol. The number of rotatable bonds is 5. The Bertz CT molecular complexity index is 137. The van der Waals surface area contributed by atoms with E-state index in [0.29, 0.717) is 6.10 Å². The van der Waals surface area contributed by atoms with Crippen LogP contribution in [-0.4, -0.2) is 26.4 Å². The SMILES string of the molecule is CCC(OC)C(OC)C1CCCCC1. The molecule has 0 aromatic heterocycles. The van der Waals surface area contributed by atoms with Crippen molar-refractivity contribution in [1.82, 2.24) is 0 Å². The largest absolute Gasteiger partial charge is 0.379 e. The van der Waals surface area contributed by atoms with E-state index in [2.05, 4.69) is 6.92 Å². The van der Waals surface area contributed by atoms with Gasteiger partial charge in [-0.05, 0) is 25.2 Å². The summed E-state index contributed by atoms with van der Waals surface area (Å²) in [4.78, 5) is 0. The van der Waals surface area contributed by atoms with Gasteiger partial charge in [0.2, 0.25) is 0 Å². The molecule has 1 fully saturated rings. The van der Waals surface area contributed by atoms with Crippen LogP contribution < -0.4 is 0 Å². The molecule has 0 spiro atoms. The second-order valence-corrected chi connectivity index (χ2v) is 4.28. The molecule has 0 aliphatic heterocycles. The normalized spacial score (nSPS) is 23.4. The lowest BCUT2D eigenvalue weighted by atomic mass is 9.82. The lowest BCUT2D eigenvalue weighted by Crippen LogP contribution is -2.37. The molecule has 0 radical (unpaired) electrons.